The first-order chi connectivity index (χ1) is 7.92. The highest BCUT2D eigenvalue weighted by atomic mass is 16.4. The van der Waals surface area contributed by atoms with Gasteiger partial charge in [0, 0.05) is 5.97 Å². The number of carboxylic acid groups (broad SMARTS) is 1. The standard InChI is InChI=1S/C14H29NO2/c1-15(2,3)13-11-9-7-5-4-6-8-10-12-14(16)17/h4-13H2,1-3H3. The molecule has 0 unspecified atom stereocenters. The SMILES string of the molecule is C[N+](C)(C)CCCCCCCCCCC(=O)[O-]. The second-order valence-corrected chi connectivity index (χ2v) is 5.96. The lowest BCUT2D eigenvalue weighted by molar-refractivity contribution is -0.870. The topological polar surface area (TPSA) is 40.1 Å². The highest BCUT2D eigenvalue weighted by Gasteiger charge is 2.04. The van der Waals surface area contributed by atoms with E-state index in [4.69, 9.17) is 0 Å². The molecule has 0 saturated carbocycles. The molecule has 102 valence electrons. The van der Waals surface area contributed by atoms with Crippen molar-refractivity contribution in [3.05, 3.63) is 0 Å². The summed E-state index contributed by atoms with van der Waals surface area (Å²) >= 11 is 0. The van der Waals surface area contributed by atoms with Gasteiger partial charge in [-0.1, -0.05) is 32.1 Å². The zero-order valence-corrected chi connectivity index (χ0v) is 11.8. The first-order valence-electron chi connectivity index (χ1n) is 6.92. The molecular weight excluding hydrogens is 214 g/mol. The molecule has 0 aromatic carbocycles. The van der Waals surface area contributed by atoms with Crippen LogP contribution < -0.4 is 5.11 Å². The van der Waals surface area contributed by atoms with Crippen molar-refractivity contribution >= 4 is 5.97 Å². The zero-order chi connectivity index (χ0) is 13.1. The normalized spacial score (nSPS) is 11.7. The molecule has 0 bridgehead atoms. The molecule has 17 heavy (non-hydrogen) atoms. The zero-order valence-electron chi connectivity index (χ0n) is 11.8. The molecule has 0 spiro atoms. The Hall–Kier alpha value is -0.570. The van der Waals surface area contributed by atoms with Crippen LogP contribution in [-0.4, -0.2) is 38.1 Å². The third-order valence-electron chi connectivity index (χ3n) is 2.96. The van der Waals surface area contributed by atoms with Crippen molar-refractivity contribution in [3.63, 3.8) is 0 Å². The Kier molecular flexibility index (Phi) is 9.14. The van der Waals surface area contributed by atoms with Crippen LogP contribution in [0.5, 0.6) is 0 Å². The summed E-state index contributed by atoms with van der Waals surface area (Å²) in [5, 5.41) is 10.2. The number of unbranched alkanes of at least 4 members (excludes halogenated alkanes) is 7. The van der Waals surface area contributed by atoms with Crippen LogP contribution in [0.1, 0.15) is 57.8 Å². The van der Waals surface area contributed by atoms with E-state index in [-0.39, 0.29) is 6.42 Å². The Morgan fingerprint density at radius 3 is 1.65 bits per heavy atom. The number of quaternary nitrogens is 1. The van der Waals surface area contributed by atoms with Crippen molar-refractivity contribution < 1.29 is 14.4 Å². The van der Waals surface area contributed by atoms with E-state index in [9.17, 15) is 9.90 Å². The van der Waals surface area contributed by atoms with E-state index in [0.29, 0.717) is 0 Å². The summed E-state index contributed by atoms with van der Waals surface area (Å²) in [6.07, 6.45) is 9.71. The highest BCUT2D eigenvalue weighted by molar-refractivity contribution is 5.63. The third-order valence-corrected chi connectivity index (χ3v) is 2.96. The van der Waals surface area contributed by atoms with Gasteiger partial charge in [-0.2, -0.15) is 0 Å². The molecule has 0 aliphatic rings. The lowest BCUT2D eigenvalue weighted by Gasteiger charge is -2.23. The molecule has 3 heteroatoms. The molecule has 0 N–H and O–H groups in total. The van der Waals surface area contributed by atoms with E-state index in [1.54, 1.807) is 0 Å². The quantitative estimate of drug-likeness (QED) is 0.411. The summed E-state index contributed by atoms with van der Waals surface area (Å²) in [7, 11) is 6.70. The molecule has 0 heterocycles. The molecule has 0 radical (unpaired) electrons. The molecule has 3 nitrogen and oxygen atoms in total. The van der Waals surface area contributed by atoms with Gasteiger partial charge in [0.2, 0.25) is 0 Å². The van der Waals surface area contributed by atoms with Crippen LogP contribution in [0.3, 0.4) is 0 Å². The number of hydrogen-bond acceptors (Lipinski definition) is 2. The molecule has 0 rings (SSSR count). The minimum Gasteiger partial charge on any atom is -0.550 e. The Labute approximate surface area is 106 Å². The number of hydrogen-bond donors (Lipinski definition) is 0. The van der Waals surface area contributed by atoms with Gasteiger partial charge in [0.15, 0.2) is 0 Å². The first kappa shape index (κ1) is 16.4. The summed E-state index contributed by atoms with van der Waals surface area (Å²) in [6, 6.07) is 0. The van der Waals surface area contributed by atoms with Gasteiger partial charge in [-0.3, -0.25) is 0 Å². The number of carboxylic acids is 1. The van der Waals surface area contributed by atoms with Gasteiger partial charge >= 0.3 is 0 Å². The van der Waals surface area contributed by atoms with Crippen molar-refractivity contribution in [3.8, 4) is 0 Å². The van der Waals surface area contributed by atoms with E-state index >= 15 is 0 Å². The summed E-state index contributed by atoms with van der Waals surface area (Å²) in [6.45, 7) is 1.26. The summed E-state index contributed by atoms with van der Waals surface area (Å²) in [4.78, 5) is 10.2. The molecule has 0 amide bonds. The maximum atomic E-state index is 10.2. The minimum absolute atomic E-state index is 0.226. The van der Waals surface area contributed by atoms with E-state index < -0.39 is 5.97 Å². The first-order valence-corrected chi connectivity index (χ1v) is 6.92. The van der Waals surface area contributed by atoms with Crippen LogP contribution in [0, 0.1) is 0 Å². The molecule has 0 atom stereocenters. The van der Waals surface area contributed by atoms with Crippen LogP contribution in [0.4, 0.5) is 0 Å². The van der Waals surface area contributed by atoms with Gasteiger partial charge in [-0.25, -0.2) is 0 Å². The van der Waals surface area contributed by atoms with Gasteiger partial charge in [0.1, 0.15) is 0 Å². The van der Waals surface area contributed by atoms with E-state index in [1.807, 2.05) is 0 Å². The fraction of sp³-hybridized carbons (Fsp3) is 0.929. The van der Waals surface area contributed by atoms with Crippen LogP contribution in [0.2, 0.25) is 0 Å². The molecule has 0 aliphatic carbocycles. The Morgan fingerprint density at radius 1 is 0.824 bits per heavy atom. The van der Waals surface area contributed by atoms with Crippen molar-refractivity contribution in [2.45, 2.75) is 57.8 Å². The lowest BCUT2D eigenvalue weighted by atomic mass is 10.1. The van der Waals surface area contributed by atoms with Crippen molar-refractivity contribution in [2.75, 3.05) is 27.7 Å². The van der Waals surface area contributed by atoms with Crippen molar-refractivity contribution in [2.24, 2.45) is 0 Å². The Balaban J connectivity index is 3.06. The fourth-order valence-corrected chi connectivity index (χ4v) is 1.92. The summed E-state index contributed by atoms with van der Waals surface area (Å²) < 4.78 is 1.06. The number of carbonyl (C=O) groups excluding carboxylic acids is 1. The maximum Gasteiger partial charge on any atom is 0.0780 e. The number of rotatable bonds is 11. The van der Waals surface area contributed by atoms with Crippen molar-refractivity contribution in [1.29, 1.82) is 0 Å². The number of nitrogens with zero attached hydrogens (tertiary/aromatic N) is 1. The van der Waals surface area contributed by atoms with Gasteiger partial charge in [0.05, 0.1) is 27.7 Å². The Bertz CT molecular complexity index is 197. The van der Waals surface area contributed by atoms with Crippen LogP contribution >= 0.6 is 0 Å². The summed E-state index contributed by atoms with van der Waals surface area (Å²) in [5.41, 5.74) is 0. The molecular formula is C14H29NO2. The fourth-order valence-electron chi connectivity index (χ4n) is 1.92. The van der Waals surface area contributed by atoms with E-state index in [0.717, 1.165) is 17.3 Å². The second-order valence-electron chi connectivity index (χ2n) is 5.96. The smallest absolute Gasteiger partial charge is 0.0780 e. The predicted molar refractivity (Wildman–Crippen MR) is 69.5 cm³/mol. The average molecular weight is 243 g/mol. The van der Waals surface area contributed by atoms with Crippen LogP contribution in [0.25, 0.3) is 0 Å². The third kappa shape index (κ3) is 15.4. The van der Waals surface area contributed by atoms with Crippen LogP contribution in [0.15, 0.2) is 0 Å². The predicted octanol–water partition coefficient (Wildman–Crippen LogP) is 1.95. The monoisotopic (exact) mass is 243 g/mol. The van der Waals surface area contributed by atoms with Gasteiger partial charge in [-0.15, -0.1) is 0 Å². The molecule has 0 fully saturated rings. The largest absolute Gasteiger partial charge is 0.550 e. The maximum absolute atomic E-state index is 10.2. The molecule has 0 aromatic heterocycles. The Morgan fingerprint density at radius 2 is 1.24 bits per heavy atom. The molecule has 0 aromatic rings. The molecule has 0 aliphatic heterocycles. The highest BCUT2D eigenvalue weighted by Crippen LogP contribution is 2.10. The minimum atomic E-state index is -0.912. The second kappa shape index (κ2) is 9.46. The number of carbonyl (C=O) groups is 1. The van der Waals surface area contributed by atoms with E-state index in [1.165, 1.54) is 45.1 Å². The van der Waals surface area contributed by atoms with Gasteiger partial charge in [-0.05, 0) is 25.7 Å². The van der Waals surface area contributed by atoms with Crippen LogP contribution in [-0.2, 0) is 4.79 Å². The lowest BCUT2D eigenvalue weighted by Crippen LogP contribution is -2.35. The van der Waals surface area contributed by atoms with E-state index in [2.05, 4.69) is 21.1 Å². The van der Waals surface area contributed by atoms with Gasteiger partial charge in [0.25, 0.3) is 0 Å². The number of aliphatic carboxylic acids is 1. The van der Waals surface area contributed by atoms with Crippen molar-refractivity contribution in [1.82, 2.24) is 0 Å². The van der Waals surface area contributed by atoms with Gasteiger partial charge < -0.3 is 14.4 Å². The molecule has 0 saturated heterocycles. The average Bonchev–Trinajstić information content (AvgIpc) is 2.18. The summed E-state index contributed by atoms with van der Waals surface area (Å²) in [5.74, 6) is -0.912.